The molecule has 4 aromatic carbocycles. The van der Waals surface area contributed by atoms with Gasteiger partial charge in [0, 0.05) is 8.07 Å². The van der Waals surface area contributed by atoms with Gasteiger partial charge in [-0.15, -0.1) is 5.56 Å². The van der Waals surface area contributed by atoms with E-state index in [2.05, 4.69) is 123 Å². The SMILES string of the molecule is Cc1cc([Si](C)(C)C)c(C)[cH-]1.Cc1ccc([CH]=[Zr+2])cc1.[Cl-].[Cl-].[c-]1cccc2c1Cc1ccccc1-2. The summed E-state index contributed by atoms with van der Waals surface area (Å²) in [4.78, 5) is 0. The van der Waals surface area contributed by atoms with Crippen molar-refractivity contribution in [3.8, 4) is 11.1 Å². The average molecular weight is 597 g/mol. The molecule has 0 unspecified atom stereocenters. The fraction of sp³-hybridized carbons (Fsp3) is 0.226. The molecule has 0 saturated heterocycles. The Labute approximate surface area is 240 Å². The summed E-state index contributed by atoms with van der Waals surface area (Å²) in [6.45, 7) is 13.7. The predicted octanol–water partition coefficient (Wildman–Crippen LogP) is 1.33. The second-order valence-electron chi connectivity index (χ2n) is 9.83. The van der Waals surface area contributed by atoms with E-state index >= 15 is 0 Å². The number of rotatable bonds is 2. The van der Waals surface area contributed by atoms with Gasteiger partial charge in [-0.05, 0) is 6.42 Å². The van der Waals surface area contributed by atoms with E-state index < -0.39 is 8.07 Å². The van der Waals surface area contributed by atoms with Crippen molar-refractivity contribution in [3.63, 3.8) is 0 Å². The molecule has 0 N–H and O–H groups in total. The van der Waals surface area contributed by atoms with Gasteiger partial charge in [0.25, 0.3) is 0 Å². The summed E-state index contributed by atoms with van der Waals surface area (Å²) in [6, 6.07) is 31.3. The fourth-order valence-electron chi connectivity index (χ4n) is 4.27. The molecule has 35 heavy (non-hydrogen) atoms. The molecule has 0 spiro atoms. The van der Waals surface area contributed by atoms with Crippen molar-refractivity contribution in [1.29, 1.82) is 0 Å². The minimum atomic E-state index is -1.06. The zero-order valence-corrected chi connectivity index (χ0v) is 26.5. The molecule has 0 bridgehead atoms. The van der Waals surface area contributed by atoms with Crippen LogP contribution in [0.3, 0.4) is 0 Å². The molecule has 0 atom stereocenters. The van der Waals surface area contributed by atoms with Gasteiger partial charge in [0.15, 0.2) is 0 Å². The van der Waals surface area contributed by atoms with Gasteiger partial charge in [-0.3, -0.25) is 0 Å². The van der Waals surface area contributed by atoms with Crippen molar-refractivity contribution < 1.29 is 49.0 Å². The first-order chi connectivity index (χ1) is 15.7. The number of hydrogen-bond donors (Lipinski definition) is 0. The second-order valence-corrected chi connectivity index (χ2v) is 15.6. The Kier molecular flexibility index (Phi) is 12.9. The molecule has 4 aromatic rings. The van der Waals surface area contributed by atoms with Crippen molar-refractivity contribution in [2.45, 2.75) is 46.8 Å². The third-order valence-electron chi connectivity index (χ3n) is 5.91. The second kappa shape index (κ2) is 14.3. The van der Waals surface area contributed by atoms with E-state index in [4.69, 9.17) is 0 Å². The summed E-state index contributed by atoms with van der Waals surface area (Å²) in [6.07, 6.45) is 1.05. The van der Waals surface area contributed by atoms with Crippen molar-refractivity contribution in [2.24, 2.45) is 0 Å². The number of hydrogen-bond acceptors (Lipinski definition) is 0. The normalized spacial score (nSPS) is 10.7. The molecule has 0 nitrogen and oxygen atoms in total. The number of aryl methyl sites for hydroxylation is 3. The average Bonchev–Trinajstić information content (AvgIpc) is 3.34. The van der Waals surface area contributed by atoms with E-state index in [0.29, 0.717) is 0 Å². The van der Waals surface area contributed by atoms with E-state index in [0.717, 1.165) is 6.42 Å². The first-order valence-corrected chi connectivity index (χ1v) is 16.5. The molecule has 0 fully saturated rings. The van der Waals surface area contributed by atoms with Gasteiger partial charge >= 0.3 is 70.3 Å². The van der Waals surface area contributed by atoms with Gasteiger partial charge in [-0.1, -0.05) is 68.9 Å². The summed E-state index contributed by atoms with van der Waals surface area (Å²) in [7, 11) is -1.06. The first-order valence-electron chi connectivity index (χ1n) is 11.6. The standard InChI is InChI=1S/C13H9.C10H17Si.C8H8.2ClH.Zr/c1-3-7-12-10(5-1)9-11-6-2-4-8-13(11)12;1-8-6-9(2)10(7-8)11(3,4)5;1-7-3-5-8(2)6-4-7;;;/h1-5,7-8H,9H2;6-7H,1-5H3;1,3-6H,2H3;2*1H;/q2*-1;;;;+2/p-2. The minimum absolute atomic E-state index is 0. The Hall–Kier alpha value is -1.44. The maximum Gasteiger partial charge on any atom is -0.0253 e. The molecule has 0 saturated carbocycles. The largest absolute Gasteiger partial charge is 1.00 e. The smallest absolute Gasteiger partial charge is 0.0253 e. The van der Waals surface area contributed by atoms with Gasteiger partial charge in [0.1, 0.15) is 0 Å². The van der Waals surface area contributed by atoms with Gasteiger partial charge in [0.05, 0.1) is 0 Å². The van der Waals surface area contributed by atoms with Crippen LogP contribution < -0.4 is 30.0 Å². The first kappa shape index (κ1) is 31.6. The molecule has 1 aliphatic rings. The zero-order valence-electron chi connectivity index (χ0n) is 21.5. The summed E-state index contributed by atoms with van der Waals surface area (Å²) >= 11 is 1.47. The Morgan fingerprint density at radius 1 is 0.857 bits per heavy atom. The van der Waals surface area contributed by atoms with Crippen LogP contribution in [0.1, 0.15) is 33.4 Å². The van der Waals surface area contributed by atoms with E-state index in [1.165, 1.54) is 68.7 Å². The van der Waals surface area contributed by atoms with Crippen molar-refractivity contribution >= 4 is 17.0 Å². The summed E-state index contributed by atoms with van der Waals surface area (Å²) in [5.74, 6) is 0. The molecular weight excluding hydrogens is 563 g/mol. The third kappa shape index (κ3) is 8.87. The van der Waals surface area contributed by atoms with Crippen molar-refractivity contribution in [1.82, 2.24) is 0 Å². The molecule has 5 rings (SSSR count). The van der Waals surface area contributed by atoms with Crippen LogP contribution in [0, 0.1) is 26.8 Å². The summed E-state index contributed by atoms with van der Waals surface area (Å²) in [5.41, 5.74) is 11.1. The molecule has 0 aliphatic heterocycles. The maximum absolute atomic E-state index is 3.30. The zero-order chi connectivity index (χ0) is 24.0. The van der Waals surface area contributed by atoms with Crippen LogP contribution in [0.2, 0.25) is 19.6 Å². The van der Waals surface area contributed by atoms with Crippen molar-refractivity contribution in [3.05, 3.63) is 118 Å². The van der Waals surface area contributed by atoms with Crippen LogP contribution in [0.5, 0.6) is 0 Å². The Morgan fingerprint density at radius 2 is 1.49 bits per heavy atom. The number of benzene rings is 3. The summed E-state index contributed by atoms with van der Waals surface area (Å²) in [5, 5.41) is 1.62. The van der Waals surface area contributed by atoms with Crippen LogP contribution in [0.4, 0.5) is 0 Å². The van der Waals surface area contributed by atoms with E-state index in [1.807, 2.05) is 6.07 Å². The monoisotopic (exact) mass is 594 g/mol. The van der Waals surface area contributed by atoms with Gasteiger partial charge in [-0.25, -0.2) is 6.07 Å². The Bertz CT molecular complexity index is 1170. The Balaban J connectivity index is 0.000000260. The van der Waals surface area contributed by atoms with E-state index in [1.54, 1.807) is 5.19 Å². The van der Waals surface area contributed by atoms with Crippen LogP contribution >= 0.6 is 0 Å². The predicted molar refractivity (Wildman–Crippen MR) is 144 cm³/mol. The van der Waals surface area contributed by atoms with Crippen LogP contribution in [0.15, 0.2) is 78.9 Å². The molecule has 0 amide bonds. The van der Waals surface area contributed by atoms with Gasteiger partial charge < -0.3 is 24.8 Å². The molecule has 4 heteroatoms. The topological polar surface area (TPSA) is 0 Å². The number of halogens is 2. The van der Waals surface area contributed by atoms with Crippen molar-refractivity contribution in [2.75, 3.05) is 0 Å². The molecule has 1 aliphatic carbocycles. The molecule has 0 heterocycles. The van der Waals surface area contributed by atoms with Crippen LogP contribution in [-0.2, 0) is 30.7 Å². The maximum atomic E-state index is 3.30. The van der Waals surface area contributed by atoms with E-state index in [-0.39, 0.29) is 24.8 Å². The van der Waals surface area contributed by atoms with Crippen LogP contribution in [-0.4, -0.2) is 11.8 Å². The fourth-order valence-corrected chi connectivity index (χ4v) is 6.66. The molecular formula is C31H34Cl2SiZr-2. The Morgan fingerprint density at radius 3 is 2.03 bits per heavy atom. The quantitative estimate of drug-likeness (QED) is 0.213. The van der Waals surface area contributed by atoms with Gasteiger partial charge in [-0.2, -0.15) is 52.2 Å². The van der Waals surface area contributed by atoms with E-state index in [9.17, 15) is 0 Å². The third-order valence-corrected chi connectivity index (χ3v) is 8.88. The number of fused-ring (bicyclic) bond motifs is 3. The van der Waals surface area contributed by atoms with Gasteiger partial charge in [0.2, 0.25) is 0 Å². The molecule has 0 radical (unpaired) electrons. The minimum Gasteiger partial charge on any atom is -1.00 e. The summed E-state index contributed by atoms with van der Waals surface area (Å²) < 4.78 is 2.19. The molecule has 182 valence electrons. The van der Waals surface area contributed by atoms with Crippen LogP contribution in [0.25, 0.3) is 11.1 Å². The molecule has 0 aromatic heterocycles.